The van der Waals surface area contributed by atoms with Gasteiger partial charge in [-0.05, 0) is 25.4 Å². The maximum absolute atomic E-state index is 12.6. The molecule has 0 saturated carbocycles. The van der Waals surface area contributed by atoms with Crippen LogP contribution in [0.3, 0.4) is 0 Å². The Morgan fingerprint density at radius 1 is 1.45 bits per heavy atom. The highest BCUT2D eigenvalue weighted by atomic mass is 16.5. The Labute approximate surface area is 120 Å². The van der Waals surface area contributed by atoms with Crippen LogP contribution in [0.2, 0.25) is 0 Å². The fourth-order valence-electron chi connectivity index (χ4n) is 2.58. The number of carbonyl (C=O) groups is 2. The average molecular weight is 283 g/mol. The second-order valence-corrected chi connectivity index (χ2v) is 5.62. The molecule has 0 radical (unpaired) electrons. The summed E-state index contributed by atoms with van der Waals surface area (Å²) in [7, 11) is 0. The molecule has 0 aromatic heterocycles. The van der Waals surface area contributed by atoms with Crippen LogP contribution in [0.4, 0.5) is 0 Å². The molecule has 0 aliphatic carbocycles. The Balaban J connectivity index is 1.98. The highest BCUT2D eigenvalue weighted by molar-refractivity contribution is 5.89. The zero-order valence-electron chi connectivity index (χ0n) is 12.4. The number of morpholine rings is 1. The van der Waals surface area contributed by atoms with E-state index in [1.54, 1.807) is 4.90 Å². The van der Waals surface area contributed by atoms with E-state index >= 15 is 0 Å². The minimum Gasteiger partial charge on any atom is -0.377 e. The van der Waals surface area contributed by atoms with E-state index < -0.39 is 6.04 Å². The van der Waals surface area contributed by atoms with Gasteiger partial charge in [-0.1, -0.05) is 13.8 Å². The molecule has 6 nitrogen and oxygen atoms in total. The smallest absolute Gasteiger partial charge is 0.245 e. The lowest BCUT2D eigenvalue weighted by molar-refractivity contribution is -0.152. The predicted molar refractivity (Wildman–Crippen MR) is 75.1 cm³/mol. The number of hydrogen-bond donors (Lipinski definition) is 2. The summed E-state index contributed by atoms with van der Waals surface area (Å²) in [6, 6.07) is -0.474. The summed E-state index contributed by atoms with van der Waals surface area (Å²) in [6.45, 7) is 7.72. The van der Waals surface area contributed by atoms with E-state index in [2.05, 4.69) is 10.6 Å². The van der Waals surface area contributed by atoms with E-state index in [9.17, 15) is 9.59 Å². The molecule has 2 saturated heterocycles. The van der Waals surface area contributed by atoms with Crippen molar-refractivity contribution in [3.8, 4) is 0 Å². The van der Waals surface area contributed by atoms with Crippen molar-refractivity contribution in [2.24, 2.45) is 11.8 Å². The van der Waals surface area contributed by atoms with Gasteiger partial charge in [-0.25, -0.2) is 0 Å². The van der Waals surface area contributed by atoms with Crippen LogP contribution in [0, 0.1) is 11.8 Å². The van der Waals surface area contributed by atoms with Crippen LogP contribution in [-0.2, 0) is 14.3 Å². The Hall–Kier alpha value is -1.14. The fraction of sp³-hybridized carbons (Fsp3) is 0.857. The Bertz CT molecular complexity index is 358. The molecular weight excluding hydrogens is 258 g/mol. The Morgan fingerprint density at radius 3 is 2.80 bits per heavy atom. The molecule has 0 aromatic rings. The molecule has 2 rings (SSSR count). The molecule has 2 aliphatic heterocycles. The summed E-state index contributed by atoms with van der Waals surface area (Å²) >= 11 is 0. The van der Waals surface area contributed by atoms with Crippen LogP contribution in [-0.4, -0.2) is 62.1 Å². The average Bonchev–Trinajstić information content (AvgIpc) is 2.42. The zero-order valence-corrected chi connectivity index (χ0v) is 12.4. The lowest BCUT2D eigenvalue weighted by atomic mass is 9.87. The first-order chi connectivity index (χ1) is 9.65. The molecule has 2 amide bonds. The van der Waals surface area contributed by atoms with Gasteiger partial charge in [0.05, 0.1) is 13.2 Å². The highest BCUT2D eigenvalue weighted by Crippen LogP contribution is 2.21. The maximum atomic E-state index is 12.6. The van der Waals surface area contributed by atoms with Gasteiger partial charge in [0.15, 0.2) is 0 Å². The molecule has 2 atom stereocenters. The van der Waals surface area contributed by atoms with Gasteiger partial charge in [0.25, 0.3) is 0 Å². The number of amides is 2. The van der Waals surface area contributed by atoms with Crippen molar-refractivity contribution in [1.82, 2.24) is 15.5 Å². The third kappa shape index (κ3) is 3.30. The summed E-state index contributed by atoms with van der Waals surface area (Å²) in [5.41, 5.74) is 0. The first-order valence-electron chi connectivity index (χ1n) is 7.51. The first kappa shape index (κ1) is 15.3. The van der Waals surface area contributed by atoms with Gasteiger partial charge in [0.1, 0.15) is 6.04 Å². The number of rotatable bonds is 5. The van der Waals surface area contributed by atoms with E-state index in [4.69, 9.17) is 4.74 Å². The lowest BCUT2D eigenvalue weighted by Gasteiger charge is -2.39. The van der Waals surface area contributed by atoms with Crippen LogP contribution in [0.1, 0.15) is 20.3 Å². The first-order valence-corrected chi connectivity index (χ1v) is 7.51. The molecule has 0 bridgehead atoms. The van der Waals surface area contributed by atoms with Gasteiger partial charge in [0.2, 0.25) is 11.8 Å². The summed E-state index contributed by atoms with van der Waals surface area (Å²) in [5, 5.41) is 6.04. The minimum absolute atomic E-state index is 0.0316. The van der Waals surface area contributed by atoms with E-state index in [0.717, 1.165) is 19.5 Å². The van der Waals surface area contributed by atoms with Crippen molar-refractivity contribution >= 4 is 11.8 Å². The molecule has 2 N–H and O–H groups in total. The second-order valence-electron chi connectivity index (χ2n) is 5.62. The third-order valence-corrected chi connectivity index (χ3v) is 4.17. The molecule has 114 valence electrons. The largest absolute Gasteiger partial charge is 0.377 e. The standard InChI is InChI=1S/C14H25N3O3/c1-3-4-16-13(18)12-9-20-6-5-17(12)14(19)10(2)11-7-15-8-11/h10-12,15H,3-9H2,1-2H3,(H,16,18). The van der Waals surface area contributed by atoms with Crippen LogP contribution in [0.5, 0.6) is 0 Å². The van der Waals surface area contributed by atoms with Gasteiger partial charge in [-0.2, -0.15) is 0 Å². The molecule has 2 aliphatic rings. The van der Waals surface area contributed by atoms with Crippen molar-refractivity contribution in [2.75, 3.05) is 39.4 Å². The molecule has 2 heterocycles. The SMILES string of the molecule is CCCNC(=O)C1COCCN1C(=O)C(C)C1CNC1. The van der Waals surface area contributed by atoms with E-state index in [-0.39, 0.29) is 17.7 Å². The van der Waals surface area contributed by atoms with Crippen molar-refractivity contribution in [2.45, 2.75) is 26.3 Å². The third-order valence-electron chi connectivity index (χ3n) is 4.17. The van der Waals surface area contributed by atoms with Crippen molar-refractivity contribution < 1.29 is 14.3 Å². The molecule has 0 aromatic carbocycles. The molecule has 20 heavy (non-hydrogen) atoms. The van der Waals surface area contributed by atoms with Gasteiger partial charge in [0, 0.05) is 19.0 Å². The topological polar surface area (TPSA) is 70.7 Å². The summed E-state index contributed by atoms with van der Waals surface area (Å²) in [6.07, 6.45) is 0.886. The van der Waals surface area contributed by atoms with E-state index in [1.165, 1.54) is 0 Å². The van der Waals surface area contributed by atoms with Crippen LogP contribution >= 0.6 is 0 Å². The van der Waals surface area contributed by atoms with Gasteiger partial charge in [-0.15, -0.1) is 0 Å². The lowest BCUT2D eigenvalue weighted by Crippen LogP contribution is -2.59. The highest BCUT2D eigenvalue weighted by Gasteiger charge is 2.38. The van der Waals surface area contributed by atoms with Gasteiger partial charge < -0.3 is 20.3 Å². The Morgan fingerprint density at radius 2 is 2.20 bits per heavy atom. The van der Waals surface area contributed by atoms with Crippen molar-refractivity contribution in [3.05, 3.63) is 0 Å². The van der Waals surface area contributed by atoms with Gasteiger partial charge in [-0.3, -0.25) is 9.59 Å². The summed E-state index contributed by atoms with van der Waals surface area (Å²) < 4.78 is 5.38. The molecule has 0 spiro atoms. The summed E-state index contributed by atoms with van der Waals surface area (Å²) in [5.74, 6) is 0.343. The normalized spacial score (nSPS) is 24.9. The zero-order chi connectivity index (χ0) is 14.5. The minimum atomic E-state index is -0.474. The van der Waals surface area contributed by atoms with E-state index in [0.29, 0.717) is 32.2 Å². The number of ether oxygens (including phenoxy) is 1. The molecule has 6 heteroatoms. The predicted octanol–water partition coefficient (Wildman–Crippen LogP) is -0.404. The van der Waals surface area contributed by atoms with Crippen LogP contribution in [0.15, 0.2) is 0 Å². The van der Waals surface area contributed by atoms with Gasteiger partial charge >= 0.3 is 0 Å². The maximum Gasteiger partial charge on any atom is 0.245 e. The van der Waals surface area contributed by atoms with Crippen LogP contribution < -0.4 is 10.6 Å². The van der Waals surface area contributed by atoms with Crippen LogP contribution in [0.25, 0.3) is 0 Å². The van der Waals surface area contributed by atoms with E-state index in [1.807, 2.05) is 13.8 Å². The number of nitrogens with one attached hydrogen (secondary N) is 2. The number of nitrogens with zero attached hydrogens (tertiary/aromatic N) is 1. The monoisotopic (exact) mass is 283 g/mol. The number of carbonyl (C=O) groups excluding carboxylic acids is 2. The Kier molecular flexibility index (Phi) is 5.37. The van der Waals surface area contributed by atoms with Crippen molar-refractivity contribution in [1.29, 1.82) is 0 Å². The summed E-state index contributed by atoms with van der Waals surface area (Å²) in [4.78, 5) is 26.4. The molecule has 2 unspecified atom stereocenters. The fourth-order valence-corrected chi connectivity index (χ4v) is 2.58. The number of hydrogen-bond acceptors (Lipinski definition) is 4. The quantitative estimate of drug-likeness (QED) is 0.720. The molecule has 2 fully saturated rings. The molecular formula is C14H25N3O3. The second kappa shape index (κ2) is 7.04. The van der Waals surface area contributed by atoms with Crippen molar-refractivity contribution in [3.63, 3.8) is 0 Å².